The summed E-state index contributed by atoms with van der Waals surface area (Å²) in [6.07, 6.45) is 0. The van der Waals surface area contributed by atoms with Gasteiger partial charge in [-0.25, -0.2) is 0 Å². The number of aliphatic carboxylic acids is 3. The van der Waals surface area contributed by atoms with Gasteiger partial charge < -0.3 is 46.9 Å². The van der Waals surface area contributed by atoms with Crippen molar-refractivity contribution in [2.45, 2.75) is 73.9 Å². The molecule has 0 spiro atoms. The van der Waals surface area contributed by atoms with Crippen molar-refractivity contribution in [3.05, 3.63) is 0 Å². The van der Waals surface area contributed by atoms with E-state index in [1.807, 2.05) is 0 Å². The van der Waals surface area contributed by atoms with Crippen LogP contribution in [0.1, 0.15) is 41.5 Å². The third-order valence-corrected chi connectivity index (χ3v) is 3.88. The van der Waals surface area contributed by atoms with Crippen LogP contribution in [0.5, 0.6) is 0 Å². The molecule has 0 aliphatic heterocycles. The first kappa shape index (κ1) is 45.8. The van der Waals surface area contributed by atoms with E-state index < -0.39 is 50.3 Å². The van der Waals surface area contributed by atoms with Crippen LogP contribution in [0.25, 0.3) is 0 Å². The summed E-state index contributed by atoms with van der Waals surface area (Å²) in [4.78, 5) is 30.2. The largest absolute Gasteiger partial charge is 1.00 e. The first-order valence-electron chi connectivity index (χ1n) is 7.63. The molecule has 0 saturated carbocycles. The quantitative estimate of drug-likeness (QED) is 0.147. The fourth-order valence-electron chi connectivity index (χ4n) is 0.865. The van der Waals surface area contributed by atoms with Crippen molar-refractivity contribution in [2.24, 2.45) is 17.2 Å². The van der Waals surface area contributed by atoms with Crippen molar-refractivity contribution in [3.8, 4) is 0 Å². The standard InChI is InChI=1S/3C5H11NO2S.3Na/c3*1-5(2,9)3(6)4(7)8;;;/h3*3,9H,6H2,1-2H3,(H,7,8);;;/q;;;3*+1/p-3/t3*3-;;;/m000.../s1. The number of carbonyl (C=O) groups is 3. The number of hydrogen-bond donors (Lipinski definition) is 6. The minimum Gasteiger partial charge on any atom is -0.548 e. The van der Waals surface area contributed by atoms with Gasteiger partial charge in [0.2, 0.25) is 0 Å². The summed E-state index contributed by atoms with van der Waals surface area (Å²) >= 11 is 11.8. The summed E-state index contributed by atoms with van der Waals surface area (Å²) in [6.45, 7) is 9.73. The van der Waals surface area contributed by atoms with Gasteiger partial charge in [-0.15, -0.1) is 0 Å². The van der Waals surface area contributed by atoms with Crippen LogP contribution in [-0.4, -0.2) is 50.3 Å². The molecule has 15 heteroatoms. The van der Waals surface area contributed by atoms with E-state index in [0.29, 0.717) is 0 Å². The normalized spacial score (nSPS) is 13.6. The van der Waals surface area contributed by atoms with Gasteiger partial charge in [0, 0.05) is 14.2 Å². The van der Waals surface area contributed by atoms with Crippen molar-refractivity contribution in [3.63, 3.8) is 0 Å². The van der Waals surface area contributed by atoms with Gasteiger partial charge in [0.1, 0.15) is 0 Å². The number of rotatable bonds is 6. The van der Waals surface area contributed by atoms with Crippen molar-refractivity contribution in [2.75, 3.05) is 0 Å². The van der Waals surface area contributed by atoms with Gasteiger partial charge in [-0.1, -0.05) is 0 Å². The second-order valence-electron chi connectivity index (χ2n) is 7.35. The summed E-state index contributed by atoms with van der Waals surface area (Å²) in [5.41, 5.74) is 15.5. The minimum atomic E-state index is -1.27. The molecule has 162 valence electrons. The topological polar surface area (TPSA) is 198 Å². The van der Waals surface area contributed by atoms with Gasteiger partial charge in [0.25, 0.3) is 0 Å². The molecule has 9 nitrogen and oxygen atoms in total. The van der Waals surface area contributed by atoms with E-state index in [1.54, 1.807) is 41.5 Å². The molecule has 0 bridgehead atoms. The van der Waals surface area contributed by atoms with Crippen molar-refractivity contribution in [1.82, 2.24) is 0 Å². The summed E-state index contributed by atoms with van der Waals surface area (Å²) in [5.74, 6) is -3.81. The monoisotopic (exact) mass is 513 g/mol. The maximum atomic E-state index is 10.1. The third-order valence-electron chi connectivity index (χ3n) is 3.05. The Hall–Kier alpha value is 2.34. The minimum absolute atomic E-state index is 0. The zero-order valence-electron chi connectivity index (χ0n) is 19.3. The van der Waals surface area contributed by atoms with E-state index in [2.05, 4.69) is 37.9 Å². The number of thiol groups is 3. The smallest absolute Gasteiger partial charge is 0.548 e. The Morgan fingerprint density at radius 1 is 0.567 bits per heavy atom. The van der Waals surface area contributed by atoms with Crippen LogP contribution >= 0.6 is 37.9 Å². The third kappa shape index (κ3) is 25.0. The van der Waals surface area contributed by atoms with Crippen LogP contribution < -0.4 is 121 Å². The number of carboxylic acid groups (broad SMARTS) is 3. The molecule has 0 rings (SSSR count). The molecule has 0 fully saturated rings. The molecule has 0 unspecified atom stereocenters. The molecule has 0 heterocycles. The van der Waals surface area contributed by atoms with E-state index >= 15 is 0 Å². The summed E-state index contributed by atoms with van der Waals surface area (Å²) < 4.78 is -2.13. The van der Waals surface area contributed by atoms with Crippen LogP contribution in [0.2, 0.25) is 0 Å². The van der Waals surface area contributed by atoms with Gasteiger partial charge >= 0.3 is 88.7 Å². The van der Waals surface area contributed by atoms with Crippen molar-refractivity contribution < 1.29 is 118 Å². The molecule has 0 radical (unpaired) electrons. The predicted octanol–water partition coefficient (Wildman–Crippen LogP) is -12.7. The Balaban J connectivity index is -0.0000000686. The molecule has 0 aliphatic rings. The summed E-state index contributed by atoms with van der Waals surface area (Å²) in [5, 5.41) is 30.2. The number of nitrogens with two attached hydrogens (primary N) is 3. The average Bonchev–Trinajstić information content (AvgIpc) is 2.42. The predicted molar refractivity (Wildman–Crippen MR) is 108 cm³/mol. The molecule has 0 saturated heterocycles. The summed E-state index contributed by atoms with van der Waals surface area (Å²) in [6, 6.07) is -3.04. The van der Waals surface area contributed by atoms with Crippen LogP contribution in [0, 0.1) is 0 Å². The molecular formula is C15H30N3Na3O6S3. The molecule has 30 heavy (non-hydrogen) atoms. The fraction of sp³-hybridized carbons (Fsp3) is 0.800. The van der Waals surface area contributed by atoms with E-state index in [4.69, 9.17) is 17.2 Å². The van der Waals surface area contributed by atoms with Gasteiger partial charge in [-0.2, -0.15) is 37.9 Å². The Labute approximate surface area is 261 Å². The van der Waals surface area contributed by atoms with Gasteiger partial charge in [0.15, 0.2) is 0 Å². The van der Waals surface area contributed by atoms with Crippen LogP contribution in [-0.2, 0) is 14.4 Å². The number of carboxylic acids is 3. The second-order valence-corrected chi connectivity index (χ2v) is 10.8. The van der Waals surface area contributed by atoms with Crippen LogP contribution in [0.3, 0.4) is 0 Å². The van der Waals surface area contributed by atoms with Gasteiger partial charge in [0.05, 0.1) is 36.0 Å². The van der Waals surface area contributed by atoms with E-state index in [-0.39, 0.29) is 88.7 Å². The van der Waals surface area contributed by atoms with Gasteiger partial charge in [-0.3, -0.25) is 0 Å². The molecular weight excluding hydrogens is 483 g/mol. The summed E-state index contributed by atoms with van der Waals surface area (Å²) in [7, 11) is 0. The fourth-order valence-corrected chi connectivity index (χ4v) is 1.18. The average molecular weight is 514 g/mol. The zero-order chi connectivity index (χ0) is 23.0. The number of carbonyl (C=O) groups excluding carboxylic acids is 3. The van der Waals surface area contributed by atoms with Crippen molar-refractivity contribution in [1.29, 1.82) is 0 Å². The molecule has 0 aromatic carbocycles. The zero-order valence-corrected chi connectivity index (χ0v) is 27.9. The Kier molecular flexibility index (Phi) is 30.0. The first-order chi connectivity index (χ1) is 11.6. The van der Waals surface area contributed by atoms with E-state index in [1.165, 1.54) is 0 Å². The Morgan fingerprint density at radius 2 is 0.667 bits per heavy atom. The Bertz CT molecular complexity index is 441. The molecule has 0 aromatic rings. The Morgan fingerprint density at radius 3 is 0.667 bits per heavy atom. The van der Waals surface area contributed by atoms with E-state index in [9.17, 15) is 29.7 Å². The van der Waals surface area contributed by atoms with Crippen molar-refractivity contribution >= 4 is 55.8 Å². The molecule has 3 atom stereocenters. The first-order valence-corrected chi connectivity index (χ1v) is 8.97. The second kappa shape index (κ2) is 19.6. The number of hydrogen-bond acceptors (Lipinski definition) is 12. The molecule has 0 aliphatic carbocycles. The van der Waals surface area contributed by atoms with E-state index in [0.717, 1.165) is 0 Å². The maximum absolute atomic E-state index is 10.1. The van der Waals surface area contributed by atoms with Gasteiger partial charge in [-0.05, 0) is 41.5 Å². The molecule has 0 aromatic heterocycles. The van der Waals surface area contributed by atoms with Crippen LogP contribution in [0.4, 0.5) is 0 Å². The maximum Gasteiger partial charge on any atom is 1.00 e. The van der Waals surface area contributed by atoms with Crippen LogP contribution in [0.15, 0.2) is 0 Å². The SMILES string of the molecule is CC(C)(S)[C@@H](N)C(=O)[O-].CC(C)(S)[C@@H](N)C(=O)[O-].CC(C)(S)[C@@H](N)C(=O)[O-].[Na+].[Na+].[Na+]. The molecule has 6 N–H and O–H groups in total. The molecule has 0 amide bonds.